The summed E-state index contributed by atoms with van der Waals surface area (Å²) in [6.07, 6.45) is 1.44. The van der Waals surface area contributed by atoms with E-state index in [1.54, 1.807) is 31.2 Å². The van der Waals surface area contributed by atoms with E-state index in [0.717, 1.165) is 16.0 Å². The fourth-order valence-corrected chi connectivity index (χ4v) is 4.70. The van der Waals surface area contributed by atoms with E-state index >= 15 is 0 Å². The molecule has 0 aliphatic carbocycles. The maximum Gasteiger partial charge on any atom is 0.263 e. The molecule has 2 aromatic heterocycles. The summed E-state index contributed by atoms with van der Waals surface area (Å²) in [5.74, 6) is 0.246. The molecule has 0 fully saturated rings. The Morgan fingerprint density at radius 3 is 2.66 bits per heavy atom. The Morgan fingerprint density at radius 1 is 1.22 bits per heavy atom. The zero-order valence-corrected chi connectivity index (χ0v) is 19.5. The van der Waals surface area contributed by atoms with E-state index in [1.165, 1.54) is 22.2 Å². The zero-order valence-electron chi connectivity index (χ0n) is 17.9. The second-order valence-corrected chi connectivity index (χ2v) is 8.91. The molecule has 1 amide bonds. The monoisotopic (exact) mass is 467 g/mol. The van der Waals surface area contributed by atoms with Gasteiger partial charge in [-0.15, -0.1) is 11.3 Å². The topological polar surface area (TPSA) is 73.2 Å². The first-order chi connectivity index (χ1) is 15.4. The lowest BCUT2D eigenvalue weighted by Gasteiger charge is -2.17. The number of aryl methyl sites for hydroxylation is 1. The van der Waals surface area contributed by atoms with Crippen LogP contribution in [0.5, 0.6) is 5.75 Å². The van der Waals surface area contributed by atoms with Gasteiger partial charge in [-0.05, 0) is 50.6 Å². The molecule has 0 radical (unpaired) electrons. The lowest BCUT2D eigenvalue weighted by molar-refractivity contribution is -0.118. The first-order valence-corrected chi connectivity index (χ1v) is 11.4. The highest BCUT2D eigenvalue weighted by atomic mass is 35.5. The highest BCUT2D eigenvalue weighted by Crippen LogP contribution is 2.36. The van der Waals surface area contributed by atoms with Gasteiger partial charge in [-0.1, -0.05) is 35.9 Å². The number of anilines is 1. The van der Waals surface area contributed by atoms with Crippen LogP contribution < -0.4 is 15.6 Å². The molecule has 0 spiro atoms. The van der Waals surface area contributed by atoms with Gasteiger partial charge in [0.05, 0.1) is 24.0 Å². The first-order valence-electron chi connectivity index (χ1n) is 10.2. The summed E-state index contributed by atoms with van der Waals surface area (Å²) in [6, 6.07) is 13.8. The van der Waals surface area contributed by atoms with Crippen molar-refractivity contribution in [1.82, 2.24) is 9.55 Å². The maximum atomic E-state index is 13.5. The number of nitrogens with one attached hydrogen (secondary N) is 1. The van der Waals surface area contributed by atoms with Gasteiger partial charge >= 0.3 is 0 Å². The molecule has 8 heteroatoms. The van der Waals surface area contributed by atoms with Crippen LogP contribution in [0.3, 0.4) is 0 Å². The van der Waals surface area contributed by atoms with E-state index in [2.05, 4.69) is 10.3 Å². The number of ether oxygens (including phenoxy) is 1. The number of nitrogens with zero attached hydrogens (tertiary/aromatic N) is 2. The van der Waals surface area contributed by atoms with Gasteiger partial charge in [0, 0.05) is 15.5 Å². The van der Waals surface area contributed by atoms with Gasteiger partial charge in [0.25, 0.3) is 5.56 Å². The number of thiophene rings is 1. The molecule has 6 nitrogen and oxygen atoms in total. The van der Waals surface area contributed by atoms with E-state index in [1.807, 2.05) is 38.1 Å². The highest BCUT2D eigenvalue weighted by Gasteiger charge is 2.22. The summed E-state index contributed by atoms with van der Waals surface area (Å²) in [4.78, 5) is 32.6. The normalized spacial score (nSPS) is 12.0. The third-order valence-electron chi connectivity index (χ3n) is 5.19. The van der Waals surface area contributed by atoms with Crippen LogP contribution in [-0.2, 0) is 4.79 Å². The average molecular weight is 468 g/mol. The van der Waals surface area contributed by atoms with Crippen LogP contribution in [0.4, 0.5) is 5.69 Å². The lowest BCUT2D eigenvalue weighted by Crippen LogP contribution is -2.31. The summed E-state index contributed by atoms with van der Waals surface area (Å²) in [5.41, 5.74) is 2.01. The number of rotatable bonds is 6. The lowest BCUT2D eigenvalue weighted by atomic mass is 10.0. The Labute approximate surface area is 194 Å². The van der Waals surface area contributed by atoms with Crippen molar-refractivity contribution in [1.29, 1.82) is 0 Å². The highest BCUT2D eigenvalue weighted by molar-refractivity contribution is 7.19. The summed E-state index contributed by atoms with van der Waals surface area (Å²) < 4.78 is 6.94. The Hall–Kier alpha value is -3.16. The number of para-hydroxylation sites is 2. The smallest absolute Gasteiger partial charge is 0.263 e. The fourth-order valence-electron chi connectivity index (χ4n) is 3.57. The Bertz CT molecular complexity index is 1350. The minimum absolute atomic E-state index is 0.259. The molecule has 2 heterocycles. The third kappa shape index (κ3) is 4.13. The van der Waals surface area contributed by atoms with E-state index in [-0.39, 0.29) is 11.5 Å². The van der Waals surface area contributed by atoms with Crippen LogP contribution in [0.2, 0.25) is 5.02 Å². The fraction of sp³-hybridized carbons (Fsp3) is 0.208. The van der Waals surface area contributed by atoms with E-state index in [9.17, 15) is 9.59 Å². The predicted molar refractivity (Wildman–Crippen MR) is 130 cm³/mol. The molecule has 1 N–H and O–H groups in total. The Kier molecular flexibility index (Phi) is 6.30. The Balaban J connectivity index is 1.73. The number of aromatic nitrogens is 2. The number of hydrogen-bond donors (Lipinski definition) is 1. The van der Waals surface area contributed by atoms with Crippen molar-refractivity contribution in [2.45, 2.75) is 26.8 Å². The quantitative estimate of drug-likeness (QED) is 0.395. The zero-order chi connectivity index (χ0) is 22.8. The van der Waals surface area contributed by atoms with Gasteiger partial charge in [0.2, 0.25) is 5.91 Å². The van der Waals surface area contributed by atoms with Crippen molar-refractivity contribution in [2.75, 3.05) is 11.9 Å². The Morgan fingerprint density at radius 2 is 1.94 bits per heavy atom. The van der Waals surface area contributed by atoms with Gasteiger partial charge in [0.1, 0.15) is 16.6 Å². The molecular weight excluding hydrogens is 446 g/mol. The van der Waals surface area contributed by atoms with Crippen molar-refractivity contribution in [3.63, 3.8) is 0 Å². The summed E-state index contributed by atoms with van der Waals surface area (Å²) in [7, 11) is 0. The molecule has 0 saturated heterocycles. The van der Waals surface area contributed by atoms with Crippen molar-refractivity contribution in [2.24, 2.45) is 0 Å². The number of halogens is 1. The van der Waals surface area contributed by atoms with Gasteiger partial charge in [-0.2, -0.15) is 0 Å². The molecule has 0 aliphatic heterocycles. The summed E-state index contributed by atoms with van der Waals surface area (Å²) in [6.45, 7) is 5.99. The molecule has 0 bridgehead atoms. The van der Waals surface area contributed by atoms with Crippen molar-refractivity contribution in [3.8, 4) is 16.9 Å². The molecule has 32 heavy (non-hydrogen) atoms. The largest absolute Gasteiger partial charge is 0.492 e. The molecule has 1 atom stereocenters. The van der Waals surface area contributed by atoms with Crippen LogP contribution in [0.1, 0.15) is 24.8 Å². The van der Waals surface area contributed by atoms with Crippen LogP contribution in [0.15, 0.2) is 59.7 Å². The molecule has 4 rings (SSSR count). The average Bonchev–Trinajstić information content (AvgIpc) is 3.12. The van der Waals surface area contributed by atoms with Crippen LogP contribution in [0, 0.1) is 6.92 Å². The summed E-state index contributed by atoms with van der Waals surface area (Å²) >= 11 is 7.49. The second-order valence-electron chi connectivity index (χ2n) is 7.27. The standard InChI is InChI=1S/C24H22ClN3O3S/c1-4-31-19-8-6-5-7-18(19)27-22(29)14(2)28-13-26-23-21(24(28)30)20(15(3)32-23)16-9-11-17(25)12-10-16/h5-14H,4H2,1-3H3,(H,27,29). The molecule has 0 saturated carbocycles. The van der Waals surface area contributed by atoms with Crippen LogP contribution in [0.25, 0.3) is 21.3 Å². The molecule has 0 aliphatic rings. The van der Waals surface area contributed by atoms with Crippen LogP contribution in [-0.4, -0.2) is 22.1 Å². The third-order valence-corrected chi connectivity index (χ3v) is 6.45. The van der Waals surface area contributed by atoms with E-state index in [4.69, 9.17) is 16.3 Å². The first kappa shape index (κ1) is 22.0. The van der Waals surface area contributed by atoms with Crippen molar-refractivity contribution >= 4 is 44.7 Å². The van der Waals surface area contributed by atoms with Gasteiger partial charge in [-0.25, -0.2) is 4.98 Å². The van der Waals surface area contributed by atoms with E-state index < -0.39 is 6.04 Å². The van der Waals surface area contributed by atoms with Gasteiger partial charge < -0.3 is 10.1 Å². The number of hydrogen-bond acceptors (Lipinski definition) is 5. The number of carbonyl (C=O) groups excluding carboxylic acids is 1. The molecular formula is C24H22ClN3O3S. The van der Waals surface area contributed by atoms with Gasteiger partial charge in [0.15, 0.2) is 0 Å². The SMILES string of the molecule is CCOc1ccccc1NC(=O)C(C)n1cnc2sc(C)c(-c3ccc(Cl)cc3)c2c1=O. The minimum atomic E-state index is -0.771. The van der Waals surface area contributed by atoms with Crippen LogP contribution >= 0.6 is 22.9 Å². The maximum absolute atomic E-state index is 13.5. The van der Waals surface area contributed by atoms with Crippen molar-refractivity contribution in [3.05, 3.63) is 75.1 Å². The number of amides is 1. The van der Waals surface area contributed by atoms with E-state index in [0.29, 0.717) is 33.3 Å². The number of benzene rings is 2. The predicted octanol–water partition coefficient (Wildman–Crippen LogP) is 5.69. The number of fused-ring (bicyclic) bond motifs is 1. The van der Waals surface area contributed by atoms with Crippen molar-refractivity contribution < 1.29 is 9.53 Å². The van der Waals surface area contributed by atoms with Gasteiger partial charge in [-0.3, -0.25) is 14.2 Å². The molecule has 4 aromatic rings. The summed E-state index contributed by atoms with van der Waals surface area (Å²) in [5, 5.41) is 3.99. The second kappa shape index (κ2) is 9.14. The molecule has 164 valence electrons. The number of carbonyl (C=O) groups is 1. The minimum Gasteiger partial charge on any atom is -0.492 e. The molecule has 1 unspecified atom stereocenters. The molecule has 2 aromatic carbocycles.